The Balaban J connectivity index is 1.27. The van der Waals surface area contributed by atoms with Crippen LogP contribution < -0.4 is 10.9 Å². The molecular weight excluding hydrogens is 424 g/mol. The van der Waals surface area contributed by atoms with Gasteiger partial charge in [0, 0.05) is 6.07 Å². The maximum Gasteiger partial charge on any atom is 0.272 e. The van der Waals surface area contributed by atoms with Gasteiger partial charge in [0.05, 0.1) is 23.3 Å². The van der Waals surface area contributed by atoms with E-state index in [2.05, 4.69) is 15.4 Å². The van der Waals surface area contributed by atoms with Crippen LogP contribution >= 0.6 is 11.3 Å². The molecule has 1 N–H and O–H groups in total. The molecule has 0 bridgehead atoms. The van der Waals surface area contributed by atoms with E-state index in [1.54, 1.807) is 11.3 Å². The number of nitrogens with zero attached hydrogens (tertiary/aromatic N) is 3. The highest BCUT2D eigenvalue weighted by atomic mass is 32.1. The van der Waals surface area contributed by atoms with Gasteiger partial charge in [0.15, 0.2) is 10.8 Å². The fourth-order valence-electron chi connectivity index (χ4n) is 3.26. The number of carbonyl (C=O) groups is 1. The first kappa shape index (κ1) is 19.9. The molecule has 0 fully saturated rings. The van der Waals surface area contributed by atoms with E-state index in [4.69, 9.17) is 4.42 Å². The van der Waals surface area contributed by atoms with Crippen molar-refractivity contribution in [3.63, 3.8) is 0 Å². The van der Waals surface area contributed by atoms with Gasteiger partial charge in [-0.1, -0.05) is 42.5 Å². The van der Waals surface area contributed by atoms with Gasteiger partial charge in [-0.25, -0.2) is 9.67 Å². The summed E-state index contributed by atoms with van der Waals surface area (Å²) in [6.45, 7) is 0.494. The van der Waals surface area contributed by atoms with Crippen molar-refractivity contribution in [2.24, 2.45) is 0 Å². The highest BCUT2D eigenvalue weighted by molar-refractivity contribution is 7.21. The predicted octanol–water partition coefficient (Wildman–Crippen LogP) is 4.09. The quantitative estimate of drug-likeness (QED) is 0.428. The highest BCUT2D eigenvalue weighted by Crippen LogP contribution is 2.31. The van der Waals surface area contributed by atoms with Crippen LogP contribution in [0.15, 0.2) is 88.1 Å². The van der Waals surface area contributed by atoms with E-state index < -0.39 is 0 Å². The number of para-hydroxylation sites is 1. The van der Waals surface area contributed by atoms with E-state index in [-0.39, 0.29) is 23.7 Å². The molecule has 0 aliphatic carbocycles. The molecular formula is C24H18N4O3S. The number of benzene rings is 2. The fourth-order valence-corrected chi connectivity index (χ4v) is 4.19. The van der Waals surface area contributed by atoms with Crippen LogP contribution in [0.1, 0.15) is 21.8 Å². The number of furan rings is 1. The lowest BCUT2D eigenvalue weighted by Gasteiger charge is -2.07. The van der Waals surface area contributed by atoms with Crippen molar-refractivity contribution in [1.82, 2.24) is 20.1 Å². The average Bonchev–Trinajstić information content (AvgIpc) is 3.46. The molecule has 0 saturated carbocycles. The standard InChI is InChI=1S/C24H18N4O3S/c29-22-13-11-19(27-28(22)15-16-6-2-1-3-7-16)23(30)25-14-17-10-12-20(31-17)24-26-18-8-4-5-9-21(18)32-24/h1-13H,14-15H2,(H,25,30). The van der Waals surface area contributed by atoms with Crippen molar-refractivity contribution in [2.45, 2.75) is 13.1 Å². The fraction of sp³-hybridized carbons (Fsp3) is 0.0833. The first-order valence-corrected chi connectivity index (χ1v) is 10.8. The molecule has 2 aromatic carbocycles. The molecule has 3 aromatic heterocycles. The average molecular weight is 443 g/mol. The summed E-state index contributed by atoms with van der Waals surface area (Å²) in [4.78, 5) is 29.3. The Kier molecular flexibility index (Phi) is 5.35. The van der Waals surface area contributed by atoms with Crippen LogP contribution in [0.25, 0.3) is 21.0 Å². The maximum absolute atomic E-state index is 12.6. The topological polar surface area (TPSA) is 90.0 Å². The Morgan fingerprint density at radius 1 is 0.969 bits per heavy atom. The van der Waals surface area contributed by atoms with Crippen LogP contribution in [0.2, 0.25) is 0 Å². The molecule has 0 radical (unpaired) electrons. The van der Waals surface area contributed by atoms with Crippen molar-refractivity contribution in [3.8, 4) is 10.8 Å². The van der Waals surface area contributed by atoms with Gasteiger partial charge in [0.25, 0.3) is 11.5 Å². The lowest BCUT2D eigenvalue weighted by molar-refractivity contribution is 0.0940. The minimum absolute atomic E-state index is 0.165. The summed E-state index contributed by atoms with van der Waals surface area (Å²) in [6, 6.07) is 23.8. The third-order valence-corrected chi connectivity index (χ3v) is 5.91. The Labute approximate surface area is 187 Å². The third-order valence-electron chi connectivity index (χ3n) is 4.86. The summed E-state index contributed by atoms with van der Waals surface area (Å²) in [7, 11) is 0. The number of carbonyl (C=O) groups excluding carboxylic acids is 1. The van der Waals surface area contributed by atoms with E-state index in [9.17, 15) is 9.59 Å². The van der Waals surface area contributed by atoms with Crippen LogP contribution in [0.3, 0.4) is 0 Å². The number of nitrogens with one attached hydrogen (secondary N) is 1. The number of hydrogen-bond donors (Lipinski definition) is 1. The van der Waals surface area contributed by atoms with Crippen LogP contribution in [-0.2, 0) is 13.1 Å². The second kappa shape index (κ2) is 8.60. The number of hydrogen-bond acceptors (Lipinski definition) is 6. The molecule has 158 valence electrons. The molecule has 0 unspecified atom stereocenters. The Morgan fingerprint density at radius 2 is 1.78 bits per heavy atom. The zero-order valence-electron chi connectivity index (χ0n) is 16.9. The smallest absolute Gasteiger partial charge is 0.272 e. The molecule has 8 heteroatoms. The second-order valence-electron chi connectivity index (χ2n) is 7.14. The lowest BCUT2D eigenvalue weighted by atomic mass is 10.2. The number of fused-ring (bicyclic) bond motifs is 1. The molecule has 7 nitrogen and oxygen atoms in total. The van der Waals surface area contributed by atoms with Crippen LogP contribution in [0.5, 0.6) is 0 Å². The molecule has 5 aromatic rings. The van der Waals surface area contributed by atoms with Gasteiger partial charge in [0.2, 0.25) is 0 Å². The molecule has 0 spiro atoms. The lowest BCUT2D eigenvalue weighted by Crippen LogP contribution is -2.29. The van der Waals surface area contributed by atoms with Gasteiger partial charge in [0.1, 0.15) is 11.5 Å². The number of amides is 1. The van der Waals surface area contributed by atoms with Gasteiger partial charge in [-0.15, -0.1) is 11.3 Å². The zero-order valence-corrected chi connectivity index (χ0v) is 17.7. The summed E-state index contributed by atoms with van der Waals surface area (Å²) in [6.07, 6.45) is 0. The van der Waals surface area contributed by atoms with Gasteiger partial charge in [-0.3, -0.25) is 9.59 Å². The Hall–Kier alpha value is -4.04. The Morgan fingerprint density at radius 3 is 2.62 bits per heavy atom. The molecule has 32 heavy (non-hydrogen) atoms. The second-order valence-corrected chi connectivity index (χ2v) is 8.17. The van der Waals surface area contributed by atoms with E-state index >= 15 is 0 Å². The Bertz CT molecular complexity index is 1420. The number of aromatic nitrogens is 3. The van der Waals surface area contributed by atoms with Crippen LogP contribution in [-0.4, -0.2) is 20.7 Å². The summed E-state index contributed by atoms with van der Waals surface area (Å²) in [5.74, 6) is 0.875. The van der Waals surface area contributed by atoms with Crippen LogP contribution in [0, 0.1) is 0 Å². The summed E-state index contributed by atoms with van der Waals surface area (Å²) in [5.41, 5.74) is 1.75. The SMILES string of the molecule is O=C(NCc1ccc(-c2nc3ccccc3s2)o1)c1ccc(=O)n(Cc2ccccc2)n1. The van der Waals surface area contributed by atoms with Gasteiger partial charge >= 0.3 is 0 Å². The first-order chi connectivity index (χ1) is 15.7. The van der Waals surface area contributed by atoms with Crippen molar-refractivity contribution in [1.29, 1.82) is 0 Å². The number of rotatable bonds is 6. The molecule has 5 rings (SSSR count). The van der Waals surface area contributed by atoms with Crippen LogP contribution in [0.4, 0.5) is 0 Å². The van der Waals surface area contributed by atoms with E-state index in [0.717, 1.165) is 20.8 Å². The normalized spacial score (nSPS) is 11.0. The third kappa shape index (κ3) is 4.21. The summed E-state index contributed by atoms with van der Waals surface area (Å²) in [5, 5.41) is 7.79. The van der Waals surface area contributed by atoms with Gasteiger partial charge < -0.3 is 9.73 Å². The van der Waals surface area contributed by atoms with Crippen molar-refractivity contribution in [2.75, 3.05) is 0 Å². The largest absolute Gasteiger partial charge is 0.457 e. The minimum atomic E-state index is -0.384. The predicted molar refractivity (Wildman–Crippen MR) is 123 cm³/mol. The molecule has 3 heterocycles. The first-order valence-electron chi connectivity index (χ1n) is 10.0. The minimum Gasteiger partial charge on any atom is -0.457 e. The summed E-state index contributed by atoms with van der Waals surface area (Å²) < 4.78 is 8.23. The summed E-state index contributed by atoms with van der Waals surface area (Å²) >= 11 is 1.55. The maximum atomic E-state index is 12.6. The van der Waals surface area contributed by atoms with Crippen molar-refractivity contribution < 1.29 is 9.21 Å². The van der Waals surface area contributed by atoms with Gasteiger partial charge in [-0.05, 0) is 35.9 Å². The highest BCUT2D eigenvalue weighted by Gasteiger charge is 2.13. The number of thiazole rings is 1. The molecule has 1 amide bonds. The van der Waals surface area contributed by atoms with Crippen molar-refractivity contribution in [3.05, 3.63) is 106 Å². The van der Waals surface area contributed by atoms with E-state index in [1.165, 1.54) is 16.8 Å². The van der Waals surface area contributed by atoms with E-state index in [0.29, 0.717) is 18.1 Å². The molecule has 0 atom stereocenters. The van der Waals surface area contributed by atoms with Crippen molar-refractivity contribution >= 4 is 27.5 Å². The molecule has 0 aliphatic rings. The monoisotopic (exact) mass is 442 g/mol. The van der Waals surface area contributed by atoms with Gasteiger partial charge in [-0.2, -0.15) is 5.10 Å². The molecule has 0 saturated heterocycles. The van der Waals surface area contributed by atoms with E-state index in [1.807, 2.05) is 66.7 Å². The zero-order chi connectivity index (χ0) is 21.9. The molecule has 0 aliphatic heterocycles.